The molecule has 0 aromatic heterocycles. The van der Waals surface area contributed by atoms with Gasteiger partial charge in [0.05, 0.1) is 12.1 Å². The highest BCUT2D eigenvalue weighted by Gasteiger charge is 2.55. The third-order valence-electron chi connectivity index (χ3n) is 4.87. The van der Waals surface area contributed by atoms with Gasteiger partial charge in [0.2, 0.25) is 0 Å². The minimum absolute atomic E-state index is 0.267. The highest BCUT2D eigenvalue weighted by Crippen LogP contribution is 2.48. The van der Waals surface area contributed by atoms with Crippen LogP contribution >= 0.6 is 0 Å². The normalized spacial score (nSPS) is 29.7. The van der Waals surface area contributed by atoms with E-state index in [9.17, 15) is 15.0 Å². The van der Waals surface area contributed by atoms with Gasteiger partial charge in [0.15, 0.2) is 0 Å². The maximum Gasteiger partial charge on any atom is 0.321 e. The van der Waals surface area contributed by atoms with E-state index >= 15 is 0 Å². The van der Waals surface area contributed by atoms with E-state index < -0.39 is 18.1 Å². The van der Waals surface area contributed by atoms with Crippen LogP contribution in [-0.4, -0.2) is 39.8 Å². The van der Waals surface area contributed by atoms with Crippen LogP contribution in [0.15, 0.2) is 24.3 Å². The van der Waals surface area contributed by atoms with Crippen molar-refractivity contribution in [3.05, 3.63) is 35.4 Å². The molecule has 1 aromatic carbocycles. The van der Waals surface area contributed by atoms with Crippen LogP contribution in [0.5, 0.6) is 0 Å². The Morgan fingerprint density at radius 1 is 1.27 bits per heavy atom. The summed E-state index contributed by atoms with van der Waals surface area (Å²) in [6, 6.07) is 6.99. The van der Waals surface area contributed by atoms with Crippen LogP contribution in [0.3, 0.4) is 0 Å². The Balaban J connectivity index is 2.55. The van der Waals surface area contributed by atoms with Gasteiger partial charge in [0, 0.05) is 5.92 Å². The number of likely N-dealkylation sites (N-methyl/N-ethyl adjacent to an activating group) is 1. The van der Waals surface area contributed by atoms with Crippen LogP contribution in [-0.2, 0) is 4.79 Å². The van der Waals surface area contributed by atoms with Crippen molar-refractivity contribution in [2.75, 3.05) is 6.54 Å². The lowest BCUT2D eigenvalue weighted by Crippen LogP contribution is -2.44. The summed E-state index contributed by atoms with van der Waals surface area (Å²) in [7, 11) is 0. The van der Waals surface area contributed by atoms with Crippen LogP contribution < -0.4 is 0 Å². The third kappa shape index (κ3) is 2.77. The van der Waals surface area contributed by atoms with Crippen LogP contribution in [0.2, 0.25) is 0 Å². The fraction of sp³-hybridized carbons (Fsp3) is 0.611. The number of aliphatic hydroxyl groups excluding tert-OH is 1. The number of carboxylic acid groups (broad SMARTS) is 1. The lowest BCUT2D eigenvalue weighted by molar-refractivity contribution is -0.145. The van der Waals surface area contributed by atoms with Gasteiger partial charge in [-0.3, -0.25) is 9.69 Å². The Labute approximate surface area is 132 Å². The first-order valence-corrected chi connectivity index (χ1v) is 7.92. The molecule has 4 atom stereocenters. The number of hydrogen-bond acceptors (Lipinski definition) is 3. The van der Waals surface area contributed by atoms with E-state index in [1.165, 1.54) is 0 Å². The third-order valence-corrected chi connectivity index (χ3v) is 4.87. The van der Waals surface area contributed by atoms with Crippen molar-refractivity contribution in [1.29, 1.82) is 0 Å². The Kier molecular flexibility index (Phi) is 4.64. The van der Waals surface area contributed by atoms with E-state index in [-0.39, 0.29) is 17.4 Å². The van der Waals surface area contributed by atoms with Gasteiger partial charge in [0.25, 0.3) is 0 Å². The first kappa shape index (κ1) is 17.0. The largest absolute Gasteiger partial charge is 0.480 e. The predicted octanol–water partition coefficient (Wildman–Crippen LogP) is 2.85. The first-order valence-electron chi connectivity index (χ1n) is 7.92. The molecule has 1 aliphatic heterocycles. The number of carbonyl (C=O) groups is 1. The molecule has 1 saturated heterocycles. The molecular formula is C18H27NO3. The molecule has 122 valence electrons. The molecule has 0 bridgehead atoms. The van der Waals surface area contributed by atoms with Crippen molar-refractivity contribution in [2.45, 2.75) is 52.8 Å². The van der Waals surface area contributed by atoms with Crippen molar-refractivity contribution >= 4 is 5.97 Å². The lowest BCUT2D eigenvalue weighted by atomic mass is 9.73. The van der Waals surface area contributed by atoms with Crippen molar-refractivity contribution in [3.63, 3.8) is 0 Å². The average molecular weight is 305 g/mol. The zero-order valence-electron chi connectivity index (χ0n) is 14.1. The molecular weight excluding hydrogens is 278 g/mol. The molecule has 2 rings (SSSR count). The van der Waals surface area contributed by atoms with E-state index in [4.69, 9.17) is 0 Å². The van der Waals surface area contributed by atoms with Gasteiger partial charge in [-0.25, -0.2) is 0 Å². The molecule has 1 aliphatic rings. The van der Waals surface area contributed by atoms with Gasteiger partial charge in [-0.1, -0.05) is 52.0 Å². The molecule has 0 spiro atoms. The van der Waals surface area contributed by atoms with Gasteiger partial charge < -0.3 is 10.2 Å². The Hall–Kier alpha value is -1.39. The number of aliphatic carboxylic acids is 1. The number of nitrogens with zero attached hydrogens (tertiary/aromatic N) is 1. The zero-order chi connectivity index (χ0) is 16.7. The molecule has 2 N–H and O–H groups in total. The molecule has 1 fully saturated rings. The summed E-state index contributed by atoms with van der Waals surface area (Å²) in [6.45, 7) is 10.6. The highest BCUT2D eigenvalue weighted by molar-refractivity contribution is 5.75. The monoisotopic (exact) mass is 305 g/mol. The van der Waals surface area contributed by atoms with E-state index in [1.807, 2.05) is 63.8 Å². The Bertz CT molecular complexity index is 550. The number of carboxylic acids is 1. The number of benzene rings is 1. The van der Waals surface area contributed by atoms with Crippen molar-refractivity contribution < 1.29 is 15.0 Å². The molecule has 22 heavy (non-hydrogen) atoms. The molecule has 0 aliphatic carbocycles. The van der Waals surface area contributed by atoms with Gasteiger partial charge in [0.1, 0.15) is 6.04 Å². The van der Waals surface area contributed by atoms with Crippen LogP contribution in [0, 0.1) is 18.3 Å². The first-order chi connectivity index (χ1) is 10.2. The summed E-state index contributed by atoms with van der Waals surface area (Å²) in [5.74, 6) is -1.16. The molecule has 0 radical (unpaired) electrons. The van der Waals surface area contributed by atoms with Crippen LogP contribution in [0.4, 0.5) is 0 Å². The maximum absolute atomic E-state index is 11.9. The van der Waals surface area contributed by atoms with Crippen molar-refractivity contribution in [3.8, 4) is 0 Å². The Morgan fingerprint density at radius 3 is 2.32 bits per heavy atom. The fourth-order valence-corrected chi connectivity index (χ4v) is 3.91. The number of aryl methyl sites for hydroxylation is 1. The molecule has 1 aromatic rings. The Morgan fingerprint density at radius 2 is 1.86 bits per heavy atom. The van der Waals surface area contributed by atoms with E-state index in [1.54, 1.807) is 0 Å². The van der Waals surface area contributed by atoms with Gasteiger partial charge in [-0.2, -0.15) is 0 Å². The van der Waals surface area contributed by atoms with E-state index in [0.29, 0.717) is 6.54 Å². The van der Waals surface area contributed by atoms with E-state index in [0.717, 1.165) is 11.1 Å². The zero-order valence-corrected chi connectivity index (χ0v) is 14.1. The topological polar surface area (TPSA) is 60.8 Å². The molecule has 4 nitrogen and oxygen atoms in total. The number of aliphatic hydroxyl groups is 1. The van der Waals surface area contributed by atoms with E-state index in [2.05, 4.69) is 0 Å². The minimum Gasteiger partial charge on any atom is -0.480 e. The molecule has 0 amide bonds. The summed E-state index contributed by atoms with van der Waals surface area (Å²) in [6.07, 6.45) is -0.692. The smallest absolute Gasteiger partial charge is 0.321 e. The highest BCUT2D eigenvalue weighted by atomic mass is 16.4. The van der Waals surface area contributed by atoms with Gasteiger partial charge in [-0.15, -0.1) is 0 Å². The number of likely N-dealkylation sites (tertiary alicyclic amines) is 1. The summed E-state index contributed by atoms with van der Waals surface area (Å²) in [5.41, 5.74) is 1.83. The molecule has 4 heteroatoms. The second-order valence-corrected chi connectivity index (χ2v) is 7.30. The standard InChI is InChI=1S/C18H27NO3/c1-6-19-14(12-10-8-7-9-11(12)2)16(20)13(18(3,4)5)15(19)17(21)22/h7-10,13-16,20H,6H2,1-5H3,(H,21,22)/t13-,14+,15+,16+/m1/s1. The summed E-state index contributed by atoms with van der Waals surface area (Å²) in [5, 5.41) is 20.7. The van der Waals surface area contributed by atoms with Crippen molar-refractivity contribution in [2.24, 2.45) is 11.3 Å². The number of rotatable bonds is 3. The maximum atomic E-state index is 11.9. The predicted molar refractivity (Wildman–Crippen MR) is 86.7 cm³/mol. The minimum atomic E-state index is -0.850. The average Bonchev–Trinajstić information content (AvgIpc) is 2.72. The van der Waals surface area contributed by atoms with Gasteiger partial charge >= 0.3 is 5.97 Å². The number of hydrogen-bond donors (Lipinski definition) is 2. The van der Waals surface area contributed by atoms with Gasteiger partial charge in [-0.05, 0) is 30.0 Å². The summed E-state index contributed by atoms with van der Waals surface area (Å²) < 4.78 is 0. The molecule has 0 unspecified atom stereocenters. The SMILES string of the molecule is CCN1[C@H](C(=O)O)[C@@H](C(C)(C)C)[C@H](O)[C@@H]1c1ccccc1C. The second-order valence-electron chi connectivity index (χ2n) is 7.30. The quantitative estimate of drug-likeness (QED) is 0.901. The summed E-state index contributed by atoms with van der Waals surface area (Å²) in [4.78, 5) is 13.8. The van der Waals surface area contributed by atoms with Crippen molar-refractivity contribution in [1.82, 2.24) is 4.90 Å². The lowest BCUT2D eigenvalue weighted by Gasteiger charge is -2.33. The van der Waals surface area contributed by atoms with Crippen LogP contribution in [0.1, 0.15) is 44.9 Å². The van der Waals surface area contributed by atoms with Crippen LogP contribution in [0.25, 0.3) is 0 Å². The summed E-state index contributed by atoms with van der Waals surface area (Å²) >= 11 is 0. The molecule has 1 heterocycles. The molecule has 0 saturated carbocycles. The fourth-order valence-electron chi connectivity index (χ4n) is 3.91. The second kappa shape index (κ2) is 6.01.